The first-order chi connectivity index (χ1) is 9.56. The molecule has 2 rings (SSSR count). The normalized spacial score (nSPS) is 10.3. The Morgan fingerprint density at radius 1 is 1.30 bits per heavy atom. The predicted octanol–water partition coefficient (Wildman–Crippen LogP) is 3.31. The third-order valence-corrected chi connectivity index (χ3v) is 2.51. The van der Waals surface area contributed by atoms with Gasteiger partial charge in [-0.15, -0.1) is 0 Å². The fourth-order valence-corrected chi connectivity index (χ4v) is 1.71. The molecule has 1 aromatic heterocycles. The van der Waals surface area contributed by atoms with Gasteiger partial charge in [0.25, 0.3) is 0 Å². The molecule has 5 heteroatoms. The Labute approximate surface area is 117 Å². The maximum atomic E-state index is 10.9. The minimum absolute atomic E-state index is 0.0569. The summed E-state index contributed by atoms with van der Waals surface area (Å²) in [6, 6.07) is 9.02. The second-order valence-electron chi connectivity index (χ2n) is 4.56. The molecule has 0 fully saturated rings. The number of rotatable bonds is 5. The first-order valence-electron chi connectivity index (χ1n) is 6.27. The first kappa shape index (κ1) is 13.9. The highest BCUT2D eigenvalue weighted by molar-refractivity contribution is 5.88. The van der Waals surface area contributed by atoms with Crippen LogP contribution < -0.4 is 10.1 Å². The van der Waals surface area contributed by atoms with E-state index in [1.54, 1.807) is 6.20 Å². The molecule has 0 spiro atoms. The number of hydrogen-bond acceptors (Lipinski definition) is 4. The van der Waals surface area contributed by atoms with Crippen molar-refractivity contribution in [2.45, 2.75) is 20.0 Å². The number of hydrogen-bond donors (Lipinski definition) is 2. The average Bonchev–Trinajstić information content (AvgIpc) is 2.41. The molecular formula is C15H16N2O3. The van der Waals surface area contributed by atoms with Crippen LogP contribution in [0.15, 0.2) is 42.7 Å². The summed E-state index contributed by atoms with van der Waals surface area (Å²) in [5.41, 5.74) is 1.51. The fourth-order valence-electron chi connectivity index (χ4n) is 1.71. The van der Waals surface area contributed by atoms with Crippen molar-refractivity contribution < 1.29 is 14.6 Å². The van der Waals surface area contributed by atoms with E-state index in [4.69, 9.17) is 9.84 Å². The van der Waals surface area contributed by atoms with Gasteiger partial charge in [-0.1, -0.05) is 12.1 Å². The maximum Gasteiger partial charge on any atom is 0.337 e. The van der Waals surface area contributed by atoms with Gasteiger partial charge < -0.3 is 15.2 Å². The summed E-state index contributed by atoms with van der Waals surface area (Å²) in [7, 11) is 0. The average molecular weight is 272 g/mol. The third-order valence-electron chi connectivity index (χ3n) is 2.51. The van der Waals surface area contributed by atoms with E-state index < -0.39 is 5.97 Å². The molecule has 0 atom stereocenters. The van der Waals surface area contributed by atoms with Gasteiger partial charge in [0.15, 0.2) is 0 Å². The lowest BCUT2D eigenvalue weighted by molar-refractivity contribution is 0.0696. The van der Waals surface area contributed by atoms with Crippen molar-refractivity contribution in [2.24, 2.45) is 0 Å². The SMILES string of the molecule is CC(C)Oc1ccccc1Nc1cncc(C(=O)O)c1. The molecule has 104 valence electrons. The Hall–Kier alpha value is -2.56. The number of nitrogens with zero attached hydrogens (tertiary/aromatic N) is 1. The van der Waals surface area contributed by atoms with Crippen LogP contribution in [-0.2, 0) is 0 Å². The molecule has 1 heterocycles. The van der Waals surface area contributed by atoms with Crippen LogP contribution in [0.3, 0.4) is 0 Å². The molecule has 0 unspecified atom stereocenters. The number of benzene rings is 1. The summed E-state index contributed by atoms with van der Waals surface area (Å²) in [4.78, 5) is 14.8. The highest BCUT2D eigenvalue weighted by Crippen LogP contribution is 2.28. The second-order valence-corrected chi connectivity index (χ2v) is 4.56. The molecule has 2 aromatic rings. The van der Waals surface area contributed by atoms with Crippen LogP contribution in [0.25, 0.3) is 0 Å². The van der Waals surface area contributed by atoms with Crippen molar-refractivity contribution in [3.8, 4) is 5.75 Å². The van der Waals surface area contributed by atoms with Crippen molar-refractivity contribution in [2.75, 3.05) is 5.32 Å². The Bertz CT molecular complexity index is 612. The number of carbonyl (C=O) groups is 1. The third kappa shape index (κ3) is 3.47. The number of anilines is 2. The van der Waals surface area contributed by atoms with Gasteiger partial charge in [-0.3, -0.25) is 4.98 Å². The van der Waals surface area contributed by atoms with Gasteiger partial charge in [-0.25, -0.2) is 4.79 Å². The molecule has 0 aliphatic heterocycles. The topological polar surface area (TPSA) is 71.5 Å². The van der Waals surface area contributed by atoms with Gasteiger partial charge in [-0.2, -0.15) is 0 Å². The fraction of sp³-hybridized carbons (Fsp3) is 0.200. The van der Waals surface area contributed by atoms with Crippen molar-refractivity contribution >= 4 is 17.3 Å². The summed E-state index contributed by atoms with van der Waals surface area (Å²) in [6.45, 7) is 3.90. The van der Waals surface area contributed by atoms with Crippen molar-refractivity contribution in [1.29, 1.82) is 0 Å². The zero-order valence-corrected chi connectivity index (χ0v) is 11.3. The highest BCUT2D eigenvalue weighted by Gasteiger charge is 2.08. The van der Waals surface area contributed by atoms with E-state index in [1.165, 1.54) is 12.3 Å². The lowest BCUT2D eigenvalue weighted by Gasteiger charge is -2.15. The Morgan fingerprint density at radius 3 is 2.75 bits per heavy atom. The van der Waals surface area contributed by atoms with Crippen LogP contribution in [-0.4, -0.2) is 22.2 Å². The number of para-hydroxylation sites is 2. The molecule has 0 saturated heterocycles. The molecule has 0 saturated carbocycles. The monoisotopic (exact) mass is 272 g/mol. The summed E-state index contributed by atoms with van der Waals surface area (Å²) >= 11 is 0. The van der Waals surface area contributed by atoms with Crippen LogP contribution in [0, 0.1) is 0 Å². The number of carboxylic acid groups (broad SMARTS) is 1. The summed E-state index contributed by atoms with van der Waals surface area (Å²) in [5.74, 6) is -0.295. The Morgan fingerprint density at radius 2 is 2.05 bits per heavy atom. The van der Waals surface area contributed by atoms with Crippen molar-refractivity contribution in [1.82, 2.24) is 4.98 Å². The molecule has 0 aliphatic rings. The lowest BCUT2D eigenvalue weighted by atomic mass is 10.2. The van der Waals surface area contributed by atoms with E-state index in [-0.39, 0.29) is 11.7 Å². The van der Waals surface area contributed by atoms with Gasteiger partial charge in [0.05, 0.1) is 29.2 Å². The quantitative estimate of drug-likeness (QED) is 0.873. The lowest BCUT2D eigenvalue weighted by Crippen LogP contribution is -2.07. The van der Waals surface area contributed by atoms with Crippen LogP contribution in [0.1, 0.15) is 24.2 Å². The molecule has 20 heavy (non-hydrogen) atoms. The van der Waals surface area contributed by atoms with Crippen LogP contribution in [0.5, 0.6) is 5.75 Å². The molecule has 0 bridgehead atoms. The van der Waals surface area contributed by atoms with Crippen LogP contribution >= 0.6 is 0 Å². The number of pyridine rings is 1. The molecule has 5 nitrogen and oxygen atoms in total. The molecule has 1 aromatic carbocycles. The largest absolute Gasteiger partial charge is 0.489 e. The first-order valence-corrected chi connectivity index (χ1v) is 6.27. The zero-order chi connectivity index (χ0) is 14.5. The summed E-state index contributed by atoms with van der Waals surface area (Å²) in [6.07, 6.45) is 2.93. The molecule has 0 amide bonds. The molecule has 0 radical (unpaired) electrons. The number of carboxylic acids is 1. The number of nitrogens with one attached hydrogen (secondary N) is 1. The second kappa shape index (κ2) is 6.06. The van der Waals surface area contributed by atoms with Gasteiger partial charge >= 0.3 is 5.97 Å². The number of ether oxygens (including phenoxy) is 1. The van der Waals surface area contributed by atoms with Crippen LogP contribution in [0.4, 0.5) is 11.4 Å². The number of aromatic nitrogens is 1. The van der Waals surface area contributed by atoms with E-state index in [9.17, 15) is 4.79 Å². The van der Waals surface area contributed by atoms with E-state index in [0.29, 0.717) is 11.4 Å². The van der Waals surface area contributed by atoms with Crippen molar-refractivity contribution in [3.05, 3.63) is 48.3 Å². The van der Waals surface area contributed by atoms with Crippen LogP contribution in [0.2, 0.25) is 0 Å². The predicted molar refractivity (Wildman–Crippen MR) is 76.7 cm³/mol. The van der Waals surface area contributed by atoms with Gasteiger partial charge in [0.2, 0.25) is 0 Å². The summed E-state index contributed by atoms with van der Waals surface area (Å²) < 4.78 is 5.70. The minimum atomic E-state index is -1.01. The zero-order valence-electron chi connectivity index (χ0n) is 11.3. The van der Waals surface area contributed by atoms with Crippen molar-refractivity contribution in [3.63, 3.8) is 0 Å². The molecule has 2 N–H and O–H groups in total. The maximum absolute atomic E-state index is 10.9. The Kier molecular flexibility index (Phi) is 4.20. The molecular weight excluding hydrogens is 256 g/mol. The standard InChI is InChI=1S/C15H16N2O3/c1-10(2)20-14-6-4-3-5-13(14)17-12-7-11(15(18)19)8-16-9-12/h3-10,17H,1-2H3,(H,18,19). The highest BCUT2D eigenvalue weighted by atomic mass is 16.5. The number of aromatic carboxylic acids is 1. The minimum Gasteiger partial charge on any atom is -0.489 e. The molecule has 0 aliphatic carbocycles. The van der Waals surface area contributed by atoms with E-state index in [0.717, 1.165) is 5.69 Å². The van der Waals surface area contributed by atoms with E-state index >= 15 is 0 Å². The van der Waals surface area contributed by atoms with Gasteiger partial charge in [0, 0.05) is 6.20 Å². The van der Waals surface area contributed by atoms with Gasteiger partial charge in [0.1, 0.15) is 5.75 Å². The smallest absolute Gasteiger partial charge is 0.337 e. The summed E-state index contributed by atoms with van der Waals surface area (Å²) in [5, 5.41) is 12.1. The van der Waals surface area contributed by atoms with E-state index in [1.807, 2.05) is 38.1 Å². The van der Waals surface area contributed by atoms with E-state index in [2.05, 4.69) is 10.3 Å². The Balaban J connectivity index is 2.25. The van der Waals surface area contributed by atoms with Gasteiger partial charge in [-0.05, 0) is 32.0 Å².